The van der Waals surface area contributed by atoms with Crippen LogP contribution in [-0.4, -0.2) is 39.0 Å². The van der Waals surface area contributed by atoms with E-state index in [1.54, 1.807) is 25.6 Å². The van der Waals surface area contributed by atoms with Crippen molar-refractivity contribution in [3.8, 4) is 0 Å². The van der Waals surface area contributed by atoms with Crippen molar-refractivity contribution in [3.05, 3.63) is 16.1 Å². The molecule has 0 spiro atoms. The Bertz CT molecular complexity index is 317. The fourth-order valence-electron chi connectivity index (χ4n) is 1.51. The zero-order valence-corrected chi connectivity index (χ0v) is 11.2. The number of ether oxygens (including phenoxy) is 2. The molecule has 0 saturated heterocycles. The summed E-state index contributed by atoms with van der Waals surface area (Å²) in [5, 5.41) is 6.54. The summed E-state index contributed by atoms with van der Waals surface area (Å²) in [6.45, 7) is 6.18. The second kappa shape index (κ2) is 6.30. The smallest absolute Gasteiger partial charge is 0.115 e. The van der Waals surface area contributed by atoms with Crippen LogP contribution in [0, 0.1) is 6.92 Å². The van der Waals surface area contributed by atoms with E-state index < -0.39 is 0 Å². The van der Waals surface area contributed by atoms with Crippen molar-refractivity contribution >= 4 is 11.3 Å². The summed E-state index contributed by atoms with van der Waals surface area (Å²) in [6, 6.07) is 0. The van der Waals surface area contributed by atoms with E-state index in [4.69, 9.17) is 9.47 Å². The maximum atomic E-state index is 5.26. The van der Waals surface area contributed by atoms with E-state index >= 15 is 0 Å². The minimum absolute atomic E-state index is 0.230. The molecule has 1 aromatic heterocycles. The molecule has 0 fully saturated rings. The Labute approximate surface area is 101 Å². The molecule has 0 aliphatic heterocycles. The summed E-state index contributed by atoms with van der Waals surface area (Å²) in [5.41, 5.74) is 0.822. The Hall–Kier alpha value is -0.490. The van der Waals surface area contributed by atoms with Crippen molar-refractivity contribution in [2.45, 2.75) is 19.4 Å². The highest BCUT2D eigenvalue weighted by atomic mass is 32.1. The second-order valence-electron chi connectivity index (χ2n) is 3.98. The van der Waals surface area contributed by atoms with E-state index in [0.717, 1.165) is 17.2 Å². The molecule has 16 heavy (non-hydrogen) atoms. The Morgan fingerprint density at radius 2 is 2.19 bits per heavy atom. The van der Waals surface area contributed by atoms with Crippen molar-refractivity contribution in [1.82, 2.24) is 10.3 Å². The highest BCUT2D eigenvalue weighted by Gasteiger charge is 2.29. The van der Waals surface area contributed by atoms with Gasteiger partial charge in [-0.15, -0.1) is 11.3 Å². The number of nitrogens with one attached hydrogen (secondary N) is 1. The highest BCUT2D eigenvalue weighted by molar-refractivity contribution is 7.09. The predicted octanol–water partition coefficient (Wildman–Crippen LogP) is 1.55. The van der Waals surface area contributed by atoms with Gasteiger partial charge in [0.15, 0.2) is 0 Å². The lowest BCUT2D eigenvalue weighted by Crippen LogP contribution is -2.44. The van der Waals surface area contributed by atoms with Crippen molar-refractivity contribution < 1.29 is 9.47 Å². The van der Waals surface area contributed by atoms with Gasteiger partial charge in [0.2, 0.25) is 0 Å². The maximum Gasteiger partial charge on any atom is 0.115 e. The first-order valence-corrected chi connectivity index (χ1v) is 6.16. The minimum atomic E-state index is -0.230. The summed E-state index contributed by atoms with van der Waals surface area (Å²) in [7, 11) is 3.40. The van der Waals surface area contributed by atoms with E-state index in [0.29, 0.717) is 13.2 Å². The van der Waals surface area contributed by atoms with Crippen LogP contribution in [0.1, 0.15) is 17.6 Å². The molecule has 4 nitrogen and oxygen atoms in total. The average Bonchev–Trinajstić information content (AvgIpc) is 2.66. The molecule has 0 aromatic carbocycles. The van der Waals surface area contributed by atoms with Gasteiger partial charge in [0.25, 0.3) is 0 Å². The van der Waals surface area contributed by atoms with Gasteiger partial charge in [0, 0.05) is 31.8 Å². The van der Waals surface area contributed by atoms with Crippen LogP contribution in [0.15, 0.2) is 5.38 Å². The third kappa shape index (κ3) is 3.52. The molecular formula is C11H20N2O2S. The third-order valence-corrected chi connectivity index (χ3v) is 3.57. The van der Waals surface area contributed by atoms with E-state index in [1.807, 2.05) is 6.92 Å². The van der Waals surface area contributed by atoms with Gasteiger partial charge in [-0.3, -0.25) is 0 Å². The minimum Gasteiger partial charge on any atom is -0.383 e. The monoisotopic (exact) mass is 244 g/mol. The molecule has 0 saturated carbocycles. The van der Waals surface area contributed by atoms with Crippen molar-refractivity contribution in [2.24, 2.45) is 0 Å². The SMILES string of the molecule is COCCNC(C)(COC)c1nc(C)cs1. The molecule has 1 aromatic rings. The first-order chi connectivity index (χ1) is 7.62. The number of hydrogen-bond acceptors (Lipinski definition) is 5. The molecule has 1 atom stereocenters. The lowest BCUT2D eigenvalue weighted by Gasteiger charge is -2.28. The fourth-order valence-corrected chi connectivity index (χ4v) is 2.44. The predicted molar refractivity (Wildman–Crippen MR) is 66.0 cm³/mol. The van der Waals surface area contributed by atoms with Gasteiger partial charge in [0.05, 0.1) is 18.8 Å². The summed E-state index contributed by atoms with van der Waals surface area (Å²) >= 11 is 1.66. The van der Waals surface area contributed by atoms with E-state index in [1.165, 1.54) is 0 Å². The number of thiazole rings is 1. The van der Waals surface area contributed by atoms with Crippen LogP contribution < -0.4 is 5.32 Å². The summed E-state index contributed by atoms with van der Waals surface area (Å²) in [5.74, 6) is 0. The van der Waals surface area contributed by atoms with Gasteiger partial charge in [-0.2, -0.15) is 0 Å². The van der Waals surface area contributed by atoms with Crippen LogP contribution in [0.25, 0.3) is 0 Å². The number of nitrogens with zero attached hydrogens (tertiary/aromatic N) is 1. The normalized spacial score (nSPS) is 15.0. The Morgan fingerprint density at radius 1 is 1.44 bits per heavy atom. The van der Waals surface area contributed by atoms with Gasteiger partial charge in [-0.1, -0.05) is 0 Å². The van der Waals surface area contributed by atoms with Crippen LogP contribution >= 0.6 is 11.3 Å². The number of rotatable bonds is 7. The van der Waals surface area contributed by atoms with Gasteiger partial charge in [-0.25, -0.2) is 4.98 Å². The van der Waals surface area contributed by atoms with E-state index in [-0.39, 0.29) is 5.54 Å². The summed E-state index contributed by atoms with van der Waals surface area (Å²) in [6.07, 6.45) is 0. The Morgan fingerprint density at radius 3 is 2.69 bits per heavy atom. The molecule has 1 unspecified atom stereocenters. The first kappa shape index (κ1) is 13.6. The van der Waals surface area contributed by atoms with Crippen LogP contribution in [0.2, 0.25) is 0 Å². The molecule has 0 aliphatic carbocycles. The third-order valence-electron chi connectivity index (χ3n) is 2.35. The van der Waals surface area contributed by atoms with Gasteiger partial charge >= 0.3 is 0 Å². The van der Waals surface area contributed by atoms with Gasteiger partial charge in [-0.05, 0) is 13.8 Å². The number of aromatic nitrogens is 1. The molecule has 1 N–H and O–H groups in total. The fraction of sp³-hybridized carbons (Fsp3) is 0.727. The van der Waals surface area contributed by atoms with Crippen LogP contribution in [0.4, 0.5) is 0 Å². The molecule has 0 aliphatic rings. The first-order valence-electron chi connectivity index (χ1n) is 5.28. The van der Waals surface area contributed by atoms with E-state index in [2.05, 4.69) is 22.6 Å². The second-order valence-corrected chi connectivity index (χ2v) is 4.84. The molecule has 1 rings (SSSR count). The van der Waals surface area contributed by atoms with Crippen LogP contribution in [-0.2, 0) is 15.0 Å². The summed E-state index contributed by atoms with van der Waals surface area (Å²) < 4.78 is 10.3. The lowest BCUT2D eigenvalue weighted by molar-refractivity contribution is 0.108. The highest BCUT2D eigenvalue weighted by Crippen LogP contribution is 2.24. The van der Waals surface area contributed by atoms with Crippen molar-refractivity contribution in [2.75, 3.05) is 34.0 Å². The summed E-state index contributed by atoms with van der Waals surface area (Å²) in [4.78, 5) is 4.52. The largest absolute Gasteiger partial charge is 0.383 e. The van der Waals surface area contributed by atoms with E-state index in [9.17, 15) is 0 Å². The van der Waals surface area contributed by atoms with Crippen molar-refractivity contribution in [3.63, 3.8) is 0 Å². The number of aryl methyl sites for hydroxylation is 1. The van der Waals surface area contributed by atoms with Gasteiger partial charge in [0.1, 0.15) is 5.01 Å². The van der Waals surface area contributed by atoms with Crippen LogP contribution in [0.5, 0.6) is 0 Å². The quantitative estimate of drug-likeness (QED) is 0.739. The van der Waals surface area contributed by atoms with Crippen LogP contribution in [0.3, 0.4) is 0 Å². The molecule has 5 heteroatoms. The maximum absolute atomic E-state index is 5.26. The molecular weight excluding hydrogens is 224 g/mol. The molecule has 0 bridgehead atoms. The average molecular weight is 244 g/mol. The molecule has 1 heterocycles. The topological polar surface area (TPSA) is 43.4 Å². The molecule has 92 valence electrons. The molecule has 0 amide bonds. The lowest BCUT2D eigenvalue weighted by atomic mass is 10.1. The zero-order valence-electron chi connectivity index (χ0n) is 10.4. The number of hydrogen-bond donors (Lipinski definition) is 1. The zero-order chi connectivity index (χ0) is 12.0. The standard InChI is InChI=1S/C11H20N2O2S/c1-9-7-16-10(13-9)11(2,8-15-4)12-5-6-14-3/h7,12H,5-6,8H2,1-4H3. The van der Waals surface area contributed by atoms with Gasteiger partial charge < -0.3 is 14.8 Å². The molecule has 0 radical (unpaired) electrons. The number of methoxy groups -OCH3 is 2. The Balaban J connectivity index is 2.71. The van der Waals surface area contributed by atoms with Crippen molar-refractivity contribution in [1.29, 1.82) is 0 Å². The Kier molecular flexibility index (Phi) is 5.34.